The largest absolute Gasteiger partial charge is 0.349 e. The summed E-state index contributed by atoms with van der Waals surface area (Å²) in [5.41, 5.74) is 1.64. The number of nitrogens with zero attached hydrogens (tertiary/aromatic N) is 1. The Hall–Kier alpha value is -2.69. The van der Waals surface area contributed by atoms with E-state index in [1.54, 1.807) is 42.6 Å². The first-order chi connectivity index (χ1) is 11.7. The standard InChI is InChI=1S/C19H21N3O2/c23-18(21-16-8-2-1-3-9-16)14-6-4-10-17(12-14)22-19(24)15-7-5-11-20-13-15/h4-7,10-13,16H,1-3,8-9H2,(H,21,23)(H,22,24). The zero-order valence-electron chi connectivity index (χ0n) is 13.5. The number of anilines is 1. The molecule has 0 atom stereocenters. The van der Waals surface area contributed by atoms with Gasteiger partial charge in [0.05, 0.1) is 5.56 Å². The smallest absolute Gasteiger partial charge is 0.257 e. The van der Waals surface area contributed by atoms with Crippen LogP contribution in [-0.2, 0) is 0 Å². The quantitative estimate of drug-likeness (QED) is 0.906. The van der Waals surface area contributed by atoms with Crippen LogP contribution in [0.4, 0.5) is 5.69 Å². The van der Waals surface area contributed by atoms with Crippen LogP contribution in [0.25, 0.3) is 0 Å². The Labute approximate surface area is 141 Å². The Morgan fingerprint density at radius 3 is 2.50 bits per heavy atom. The van der Waals surface area contributed by atoms with Crippen molar-refractivity contribution >= 4 is 17.5 Å². The second kappa shape index (κ2) is 7.73. The van der Waals surface area contributed by atoms with Gasteiger partial charge in [-0.15, -0.1) is 0 Å². The number of aromatic nitrogens is 1. The highest BCUT2D eigenvalue weighted by molar-refractivity contribution is 6.04. The minimum atomic E-state index is -0.243. The molecule has 0 unspecified atom stereocenters. The van der Waals surface area contributed by atoms with Gasteiger partial charge in [0.2, 0.25) is 0 Å². The van der Waals surface area contributed by atoms with Crippen LogP contribution >= 0.6 is 0 Å². The number of nitrogens with one attached hydrogen (secondary N) is 2. The molecule has 0 radical (unpaired) electrons. The first-order valence-electron chi connectivity index (χ1n) is 8.35. The van der Waals surface area contributed by atoms with E-state index in [9.17, 15) is 9.59 Å². The van der Waals surface area contributed by atoms with Gasteiger partial charge in [0, 0.05) is 29.7 Å². The number of hydrogen-bond acceptors (Lipinski definition) is 3. The summed E-state index contributed by atoms with van der Waals surface area (Å²) < 4.78 is 0. The van der Waals surface area contributed by atoms with E-state index >= 15 is 0 Å². The first kappa shape index (κ1) is 16.2. The summed E-state index contributed by atoms with van der Waals surface area (Å²) in [5, 5.41) is 5.88. The highest BCUT2D eigenvalue weighted by Gasteiger charge is 2.17. The lowest BCUT2D eigenvalue weighted by molar-refractivity contribution is 0.0926. The topological polar surface area (TPSA) is 71.1 Å². The van der Waals surface area contributed by atoms with Crippen LogP contribution in [0.3, 0.4) is 0 Å². The number of carbonyl (C=O) groups is 2. The number of rotatable bonds is 4. The average Bonchev–Trinajstić information content (AvgIpc) is 2.63. The number of carbonyl (C=O) groups excluding carboxylic acids is 2. The fourth-order valence-corrected chi connectivity index (χ4v) is 2.95. The van der Waals surface area contributed by atoms with Gasteiger partial charge in [-0.1, -0.05) is 25.3 Å². The van der Waals surface area contributed by atoms with E-state index in [0.29, 0.717) is 16.8 Å². The molecule has 24 heavy (non-hydrogen) atoms. The van der Waals surface area contributed by atoms with Crippen LogP contribution in [0.15, 0.2) is 48.8 Å². The van der Waals surface area contributed by atoms with Crippen molar-refractivity contribution in [2.45, 2.75) is 38.1 Å². The van der Waals surface area contributed by atoms with Crippen molar-refractivity contribution < 1.29 is 9.59 Å². The number of amides is 2. The van der Waals surface area contributed by atoms with Crippen molar-refractivity contribution in [3.05, 3.63) is 59.9 Å². The molecule has 2 amide bonds. The predicted octanol–water partition coefficient (Wildman–Crippen LogP) is 3.40. The molecule has 1 heterocycles. The first-order valence-corrected chi connectivity index (χ1v) is 8.35. The maximum Gasteiger partial charge on any atom is 0.257 e. The molecule has 5 nitrogen and oxygen atoms in total. The maximum atomic E-state index is 12.4. The van der Waals surface area contributed by atoms with E-state index in [1.807, 2.05) is 0 Å². The third kappa shape index (κ3) is 4.19. The molecule has 124 valence electrons. The van der Waals surface area contributed by atoms with Gasteiger partial charge < -0.3 is 10.6 Å². The van der Waals surface area contributed by atoms with E-state index < -0.39 is 0 Å². The highest BCUT2D eigenvalue weighted by atomic mass is 16.2. The van der Waals surface area contributed by atoms with Crippen LogP contribution in [-0.4, -0.2) is 22.8 Å². The monoisotopic (exact) mass is 323 g/mol. The van der Waals surface area contributed by atoms with Gasteiger partial charge in [0.15, 0.2) is 0 Å². The summed E-state index contributed by atoms with van der Waals surface area (Å²) in [7, 11) is 0. The van der Waals surface area contributed by atoms with Crippen molar-refractivity contribution in [3.8, 4) is 0 Å². The minimum absolute atomic E-state index is 0.0839. The van der Waals surface area contributed by atoms with Crippen LogP contribution in [0.1, 0.15) is 52.8 Å². The lowest BCUT2D eigenvalue weighted by Crippen LogP contribution is -2.36. The Kier molecular flexibility index (Phi) is 5.21. The van der Waals surface area contributed by atoms with Gasteiger partial charge in [-0.05, 0) is 43.2 Å². The molecule has 1 aliphatic carbocycles. The van der Waals surface area contributed by atoms with E-state index in [1.165, 1.54) is 25.5 Å². The van der Waals surface area contributed by atoms with Gasteiger partial charge in [-0.25, -0.2) is 0 Å². The van der Waals surface area contributed by atoms with Gasteiger partial charge >= 0.3 is 0 Å². The molecule has 0 spiro atoms. The lowest BCUT2D eigenvalue weighted by Gasteiger charge is -2.22. The Balaban J connectivity index is 1.65. The van der Waals surface area contributed by atoms with Crippen LogP contribution in [0.5, 0.6) is 0 Å². The van der Waals surface area contributed by atoms with Crippen LogP contribution in [0.2, 0.25) is 0 Å². The van der Waals surface area contributed by atoms with Crippen LogP contribution in [0, 0.1) is 0 Å². The summed E-state index contributed by atoms with van der Waals surface area (Å²) in [5.74, 6) is -0.327. The van der Waals surface area contributed by atoms with Gasteiger partial charge in [0.1, 0.15) is 0 Å². The lowest BCUT2D eigenvalue weighted by atomic mass is 9.95. The Bertz CT molecular complexity index is 710. The summed E-state index contributed by atoms with van der Waals surface area (Å²) in [4.78, 5) is 28.5. The molecule has 2 aromatic rings. The van der Waals surface area contributed by atoms with Gasteiger partial charge in [0.25, 0.3) is 11.8 Å². The van der Waals surface area contributed by atoms with E-state index in [2.05, 4.69) is 15.6 Å². The Morgan fingerprint density at radius 1 is 0.958 bits per heavy atom. The molecular formula is C19H21N3O2. The molecule has 1 aliphatic rings. The summed E-state index contributed by atoms with van der Waals surface area (Å²) in [6, 6.07) is 10.7. The molecule has 0 aliphatic heterocycles. The molecule has 1 aromatic carbocycles. The molecule has 3 rings (SSSR count). The molecule has 0 saturated heterocycles. The summed E-state index contributed by atoms with van der Waals surface area (Å²) in [6.07, 6.45) is 8.81. The zero-order chi connectivity index (χ0) is 16.8. The summed E-state index contributed by atoms with van der Waals surface area (Å²) >= 11 is 0. The molecule has 0 bridgehead atoms. The zero-order valence-corrected chi connectivity index (χ0v) is 13.5. The molecule has 1 fully saturated rings. The number of benzene rings is 1. The van der Waals surface area contributed by atoms with Gasteiger partial charge in [-0.3, -0.25) is 14.6 Å². The van der Waals surface area contributed by atoms with Crippen molar-refractivity contribution in [1.82, 2.24) is 10.3 Å². The van der Waals surface area contributed by atoms with Crippen molar-refractivity contribution in [3.63, 3.8) is 0 Å². The van der Waals surface area contributed by atoms with Crippen LogP contribution < -0.4 is 10.6 Å². The minimum Gasteiger partial charge on any atom is -0.349 e. The Morgan fingerprint density at radius 2 is 1.75 bits per heavy atom. The molecule has 2 N–H and O–H groups in total. The second-order valence-corrected chi connectivity index (χ2v) is 6.09. The van der Waals surface area contributed by atoms with E-state index in [-0.39, 0.29) is 17.9 Å². The van der Waals surface area contributed by atoms with E-state index in [0.717, 1.165) is 12.8 Å². The van der Waals surface area contributed by atoms with Gasteiger partial charge in [-0.2, -0.15) is 0 Å². The third-order valence-corrected chi connectivity index (χ3v) is 4.25. The summed E-state index contributed by atoms with van der Waals surface area (Å²) in [6.45, 7) is 0. The molecule has 1 aromatic heterocycles. The SMILES string of the molecule is O=C(Nc1cccc(C(=O)NC2CCCCC2)c1)c1cccnc1. The second-order valence-electron chi connectivity index (χ2n) is 6.09. The average molecular weight is 323 g/mol. The normalized spacial score (nSPS) is 14.8. The van der Waals surface area contributed by atoms with Crippen molar-refractivity contribution in [2.24, 2.45) is 0 Å². The fraction of sp³-hybridized carbons (Fsp3) is 0.316. The fourth-order valence-electron chi connectivity index (χ4n) is 2.95. The number of hydrogen-bond donors (Lipinski definition) is 2. The van der Waals surface area contributed by atoms with Crippen molar-refractivity contribution in [1.29, 1.82) is 0 Å². The van der Waals surface area contributed by atoms with Crippen molar-refractivity contribution in [2.75, 3.05) is 5.32 Å². The third-order valence-electron chi connectivity index (χ3n) is 4.25. The molecule has 1 saturated carbocycles. The molecular weight excluding hydrogens is 302 g/mol. The highest BCUT2D eigenvalue weighted by Crippen LogP contribution is 2.18. The maximum absolute atomic E-state index is 12.4. The molecule has 5 heteroatoms. The predicted molar refractivity (Wildman–Crippen MR) is 93.0 cm³/mol. The van der Waals surface area contributed by atoms with E-state index in [4.69, 9.17) is 0 Å². The number of pyridine rings is 1.